The van der Waals surface area contributed by atoms with Crippen LogP contribution in [0, 0.1) is 0 Å². The lowest BCUT2D eigenvalue weighted by Crippen LogP contribution is -2.24. The molecule has 0 radical (unpaired) electrons. The molecule has 2 rings (SSSR count). The average Bonchev–Trinajstić information content (AvgIpc) is 2.70. The molecule has 8 heteroatoms. The second-order valence-electron chi connectivity index (χ2n) is 4.33. The largest absolute Gasteiger partial charge is 0.478 e. The Hall–Kier alpha value is -1.31. The number of benzene rings is 1. The molecule has 1 heterocycles. The summed E-state index contributed by atoms with van der Waals surface area (Å²) in [6, 6.07) is 2.71. The van der Waals surface area contributed by atoms with Gasteiger partial charge in [-0.05, 0) is 11.6 Å². The summed E-state index contributed by atoms with van der Waals surface area (Å²) in [5.41, 5.74) is 0.525. The van der Waals surface area contributed by atoms with E-state index < -0.39 is 22.1 Å². The van der Waals surface area contributed by atoms with Gasteiger partial charge in [-0.15, -0.1) is 0 Å². The van der Waals surface area contributed by atoms with E-state index >= 15 is 0 Å². The molecule has 0 saturated carbocycles. The van der Waals surface area contributed by atoms with Crippen LogP contribution in [0.5, 0.6) is 5.75 Å². The first-order chi connectivity index (χ1) is 8.73. The van der Waals surface area contributed by atoms with E-state index in [1.54, 1.807) is 0 Å². The number of carboxylic acid groups (broad SMARTS) is 1. The molecule has 0 bridgehead atoms. The predicted molar refractivity (Wildman–Crippen MR) is 68.1 cm³/mol. The number of aliphatic carboxylic acids is 1. The van der Waals surface area contributed by atoms with Crippen molar-refractivity contribution in [3.8, 4) is 5.75 Å². The molecule has 0 spiro atoms. The van der Waals surface area contributed by atoms with E-state index in [-0.39, 0.29) is 16.3 Å². The number of sulfonamides is 1. The molecule has 0 aliphatic carbocycles. The number of carbonyl (C=O) groups is 1. The summed E-state index contributed by atoms with van der Waals surface area (Å²) in [7, 11) is -0.872. The van der Waals surface area contributed by atoms with E-state index in [0.29, 0.717) is 11.3 Å². The van der Waals surface area contributed by atoms with Crippen molar-refractivity contribution in [2.45, 2.75) is 17.4 Å². The monoisotopic (exact) mass is 305 g/mol. The minimum atomic E-state index is -3.67. The molecule has 6 nitrogen and oxygen atoms in total. The van der Waals surface area contributed by atoms with Crippen molar-refractivity contribution in [1.29, 1.82) is 0 Å². The third-order valence-electron chi connectivity index (χ3n) is 2.82. The number of ether oxygens (including phenoxy) is 1. The Kier molecular flexibility index (Phi) is 3.46. The van der Waals surface area contributed by atoms with Crippen molar-refractivity contribution < 1.29 is 23.1 Å². The minimum absolute atomic E-state index is 0.0125. The van der Waals surface area contributed by atoms with Crippen molar-refractivity contribution >= 4 is 27.6 Å². The summed E-state index contributed by atoms with van der Waals surface area (Å²) >= 11 is 5.93. The van der Waals surface area contributed by atoms with Crippen LogP contribution in [-0.2, 0) is 21.2 Å². The van der Waals surface area contributed by atoms with Gasteiger partial charge in [-0.2, -0.15) is 0 Å². The van der Waals surface area contributed by atoms with Gasteiger partial charge in [-0.1, -0.05) is 11.6 Å². The maximum absolute atomic E-state index is 12.1. The number of nitrogens with zero attached hydrogens (tertiary/aromatic N) is 1. The van der Waals surface area contributed by atoms with Gasteiger partial charge in [0.25, 0.3) is 0 Å². The van der Waals surface area contributed by atoms with Gasteiger partial charge in [0.15, 0.2) is 6.10 Å². The van der Waals surface area contributed by atoms with Gasteiger partial charge in [-0.3, -0.25) is 0 Å². The molecule has 1 unspecified atom stereocenters. The van der Waals surface area contributed by atoms with Crippen LogP contribution in [-0.4, -0.2) is 44.0 Å². The van der Waals surface area contributed by atoms with Crippen LogP contribution >= 0.6 is 11.6 Å². The molecular weight excluding hydrogens is 294 g/mol. The summed E-state index contributed by atoms with van der Waals surface area (Å²) in [5, 5.41) is 8.90. The molecule has 0 fully saturated rings. The summed E-state index contributed by atoms with van der Waals surface area (Å²) in [4.78, 5) is 10.8. The van der Waals surface area contributed by atoms with Crippen molar-refractivity contribution in [1.82, 2.24) is 4.31 Å². The zero-order valence-corrected chi connectivity index (χ0v) is 11.8. The molecule has 1 aliphatic heterocycles. The fourth-order valence-corrected chi connectivity index (χ4v) is 3.21. The highest BCUT2D eigenvalue weighted by atomic mass is 35.5. The van der Waals surface area contributed by atoms with Crippen molar-refractivity contribution in [2.24, 2.45) is 0 Å². The Labute approximate surface area is 115 Å². The number of carboxylic acids is 1. The number of rotatable bonds is 3. The molecule has 1 aromatic carbocycles. The third kappa shape index (κ3) is 2.41. The maximum atomic E-state index is 12.1. The topological polar surface area (TPSA) is 83.9 Å². The average molecular weight is 306 g/mol. The molecule has 1 atom stereocenters. The Morgan fingerprint density at radius 2 is 2.11 bits per heavy atom. The zero-order valence-electron chi connectivity index (χ0n) is 10.3. The fourth-order valence-electron chi connectivity index (χ4n) is 1.77. The lowest BCUT2D eigenvalue weighted by molar-refractivity contribution is -0.144. The van der Waals surface area contributed by atoms with E-state index in [1.165, 1.54) is 26.2 Å². The third-order valence-corrected chi connectivity index (χ3v) is 5.10. The summed E-state index contributed by atoms with van der Waals surface area (Å²) in [5.74, 6) is -0.778. The Bertz CT molecular complexity index is 641. The Morgan fingerprint density at radius 3 is 2.63 bits per heavy atom. The van der Waals surface area contributed by atoms with Crippen molar-refractivity contribution in [3.63, 3.8) is 0 Å². The molecule has 1 N–H and O–H groups in total. The number of hydrogen-bond donors (Lipinski definition) is 1. The van der Waals surface area contributed by atoms with Gasteiger partial charge in [0.2, 0.25) is 10.0 Å². The first-order valence-electron chi connectivity index (χ1n) is 5.38. The first kappa shape index (κ1) is 14.1. The lowest BCUT2D eigenvalue weighted by Gasteiger charge is -2.13. The van der Waals surface area contributed by atoms with Crippen molar-refractivity contribution in [3.05, 3.63) is 22.7 Å². The predicted octanol–water partition coefficient (Wildman–Crippen LogP) is 0.978. The molecule has 0 aromatic heterocycles. The maximum Gasteiger partial charge on any atom is 0.345 e. The Morgan fingerprint density at radius 1 is 1.47 bits per heavy atom. The normalized spacial score (nSPS) is 18.2. The van der Waals surface area contributed by atoms with Crippen LogP contribution in [0.1, 0.15) is 5.56 Å². The summed E-state index contributed by atoms with van der Waals surface area (Å²) < 4.78 is 30.3. The van der Waals surface area contributed by atoms with Gasteiger partial charge in [0.1, 0.15) is 10.6 Å². The molecular formula is C11H12ClNO5S. The van der Waals surface area contributed by atoms with Gasteiger partial charge >= 0.3 is 5.97 Å². The number of halogens is 1. The van der Waals surface area contributed by atoms with Gasteiger partial charge < -0.3 is 9.84 Å². The molecule has 1 aliphatic rings. The standard InChI is InChI=1S/C11H12ClNO5S/c1-13(2)19(16,17)10-4-6-3-9(11(14)15)18-8(6)5-7(10)12/h4-5,9H,3H2,1-2H3,(H,14,15). The fraction of sp³-hybridized carbons (Fsp3) is 0.364. The molecule has 19 heavy (non-hydrogen) atoms. The van der Waals surface area contributed by atoms with Crippen LogP contribution in [0.2, 0.25) is 5.02 Å². The van der Waals surface area contributed by atoms with Crippen LogP contribution in [0.4, 0.5) is 0 Å². The SMILES string of the molecule is CN(C)S(=O)(=O)c1cc2c(cc1Cl)OC(C(=O)O)C2. The molecule has 1 aromatic rings. The summed E-state index contributed by atoms with van der Waals surface area (Å²) in [6.07, 6.45) is -0.874. The van der Waals surface area contributed by atoms with E-state index in [9.17, 15) is 13.2 Å². The van der Waals surface area contributed by atoms with Crippen LogP contribution < -0.4 is 4.74 Å². The highest BCUT2D eigenvalue weighted by Crippen LogP contribution is 2.36. The highest BCUT2D eigenvalue weighted by molar-refractivity contribution is 7.89. The molecule has 0 amide bonds. The second kappa shape index (κ2) is 4.66. The van der Waals surface area contributed by atoms with Crippen LogP contribution in [0.3, 0.4) is 0 Å². The Balaban J connectivity index is 2.49. The van der Waals surface area contributed by atoms with Crippen molar-refractivity contribution in [2.75, 3.05) is 14.1 Å². The quantitative estimate of drug-likeness (QED) is 0.900. The zero-order chi connectivity index (χ0) is 14.4. The molecule has 104 valence electrons. The second-order valence-corrected chi connectivity index (χ2v) is 6.85. The van der Waals surface area contributed by atoms with E-state index in [4.69, 9.17) is 21.4 Å². The first-order valence-corrected chi connectivity index (χ1v) is 7.19. The number of hydrogen-bond acceptors (Lipinski definition) is 4. The van der Waals surface area contributed by atoms with Gasteiger partial charge in [-0.25, -0.2) is 17.5 Å². The summed E-state index contributed by atoms with van der Waals surface area (Å²) in [6.45, 7) is 0. The minimum Gasteiger partial charge on any atom is -0.478 e. The lowest BCUT2D eigenvalue weighted by atomic mass is 10.1. The van der Waals surface area contributed by atoms with Gasteiger partial charge in [0.05, 0.1) is 5.02 Å². The van der Waals surface area contributed by atoms with Gasteiger partial charge in [0, 0.05) is 26.6 Å². The van der Waals surface area contributed by atoms with E-state index in [2.05, 4.69) is 0 Å². The smallest absolute Gasteiger partial charge is 0.345 e. The van der Waals surface area contributed by atoms with E-state index in [1.807, 2.05) is 0 Å². The van der Waals surface area contributed by atoms with Crippen LogP contribution in [0.25, 0.3) is 0 Å². The van der Waals surface area contributed by atoms with Crippen LogP contribution in [0.15, 0.2) is 17.0 Å². The number of fused-ring (bicyclic) bond motifs is 1. The molecule has 0 saturated heterocycles. The highest BCUT2D eigenvalue weighted by Gasteiger charge is 2.32. The van der Waals surface area contributed by atoms with E-state index in [0.717, 1.165) is 4.31 Å².